The van der Waals surface area contributed by atoms with E-state index >= 15 is 0 Å². The highest BCUT2D eigenvalue weighted by Gasteiger charge is 2.03. The summed E-state index contributed by atoms with van der Waals surface area (Å²) < 4.78 is 10.0. The van der Waals surface area contributed by atoms with Gasteiger partial charge in [-0.15, -0.1) is 11.8 Å². The first kappa shape index (κ1) is 18.7. The van der Waals surface area contributed by atoms with Crippen LogP contribution in [0.1, 0.15) is 12.1 Å². The van der Waals surface area contributed by atoms with E-state index in [-0.39, 0.29) is 0 Å². The Morgan fingerprint density at radius 2 is 2.30 bits per heavy atom. The summed E-state index contributed by atoms with van der Waals surface area (Å²) in [6.07, 6.45) is 10.6. The standard InChI is InChI=1S/C16H20N4O2S/c1-21-9-10-22-8-4-2-3-5-14(11-17)16(18)23-12-15-6-7-19-13-20-15/h2-4,6-8,13H,5,9-10,12,18H2,1H3/b3-2+,8-4+,16-14-. The average molecular weight is 332 g/mol. The fourth-order valence-electron chi connectivity index (χ4n) is 1.41. The van der Waals surface area contributed by atoms with Gasteiger partial charge in [-0.1, -0.05) is 12.2 Å². The molecule has 0 aliphatic carbocycles. The van der Waals surface area contributed by atoms with Gasteiger partial charge in [0.05, 0.1) is 35.2 Å². The van der Waals surface area contributed by atoms with E-state index in [9.17, 15) is 5.26 Å². The molecule has 7 heteroatoms. The summed E-state index contributed by atoms with van der Waals surface area (Å²) in [6, 6.07) is 3.95. The lowest BCUT2D eigenvalue weighted by Crippen LogP contribution is -1.99. The van der Waals surface area contributed by atoms with E-state index in [0.717, 1.165) is 5.69 Å². The summed E-state index contributed by atoms with van der Waals surface area (Å²) in [5.41, 5.74) is 7.37. The maximum absolute atomic E-state index is 9.18. The van der Waals surface area contributed by atoms with Gasteiger partial charge in [0.1, 0.15) is 12.9 Å². The second-order valence-electron chi connectivity index (χ2n) is 4.27. The van der Waals surface area contributed by atoms with Gasteiger partial charge in [0.25, 0.3) is 0 Å². The molecule has 0 aliphatic heterocycles. The van der Waals surface area contributed by atoms with Gasteiger partial charge in [-0.05, 0) is 12.1 Å². The van der Waals surface area contributed by atoms with Crippen molar-refractivity contribution >= 4 is 11.8 Å². The van der Waals surface area contributed by atoms with Crippen molar-refractivity contribution in [2.45, 2.75) is 12.2 Å². The Morgan fingerprint density at radius 3 is 3.00 bits per heavy atom. The van der Waals surface area contributed by atoms with E-state index in [1.54, 1.807) is 25.6 Å². The molecule has 1 heterocycles. The van der Waals surface area contributed by atoms with E-state index < -0.39 is 0 Å². The van der Waals surface area contributed by atoms with Crippen LogP contribution in [0.25, 0.3) is 0 Å². The van der Waals surface area contributed by atoms with Crippen molar-refractivity contribution in [2.75, 3.05) is 20.3 Å². The highest BCUT2D eigenvalue weighted by molar-refractivity contribution is 8.02. The van der Waals surface area contributed by atoms with Gasteiger partial charge in [-0.3, -0.25) is 0 Å². The zero-order chi connectivity index (χ0) is 16.8. The molecule has 0 saturated heterocycles. The number of hydrogen-bond acceptors (Lipinski definition) is 7. The van der Waals surface area contributed by atoms with Gasteiger partial charge in [0.15, 0.2) is 0 Å². The Labute approximate surface area is 140 Å². The summed E-state index contributed by atoms with van der Waals surface area (Å²) in [5.74, 6) is 0.608. The fourth-order valence-corrected chi connectivity index (χ4v) is 2.19. The van der Waals surface area contributed by atoms with Crippen LogP contribution in [0.4, 0.5) is 0 Å². The van der Waals surface area contributed by atoms with Gasteiger partial charge < -0.3 is 15.2 Å². The number of ether oxygens (including phenoxy) is 2. The molecule has 1 rings (SSSR count). The monoisotopic (exact) mass is 332 g/mol. The number of rotatable bonds is 10. The maximum Gasteiger partial charge on any atom is 0.115 e. The van der Waals surface area contributed by atoms with Gasteiger partial charge in [0, 0.05) is 25.5 Å². The summed E-state index contributed by atoms with van der Waals surface area (Å²) in [5, 5.41) is 9.69. The molecule has 0 bridgehead atoms. The predicted molar refractivity (Wildman–Crippen MR) is 90.9 cm³/mol. The van der Waals surface area contributed by atoms with Crippen molar-refractivity contribution in [3.63, 3.8) is 0 Å². The van der Waals surface area contributed by atoms with Crippen LogP contribution < -0.4 is 5.73 Å². The van der Waals surface area contributed by atoms with Crippen molar-refractivity contribution in [1.29, 1.82) is 5.26 Å². The number of nitrogens with zero attached hydrogens (tertiary/aromatic N) is 3. The third-order valence-electron chi connectivity index (χ3n) is 2.60. The number of nitriles is 1. The van der Waals surface area contributed by atoms with Crippen LogP contribution in [-0.2, 0) is 15.2 Å². The highest BCUT2D eigenvalue weighted by Crippen LogP contribution is 2.20. The normalized spacial score (nSPS) is 12.3. The van der Waals surface area contributed by atoms with E-state index in [1.807, 2.05) is 18.2 Å². The molecule has 1 aromatic heterocycles. The third-order valence-corrected chi connectivity index (χ3v) is 3.60. The molecule has 2 N–H and O–H groups in total. The second-order valence-corrected chi connectivity index (χ2v) is 5.29. The molecule has 0 unspecified atom stereocenters. The number of allylic oxidation sites excluding steroid dienone is 4. The minimum atomic E-state index is 0.474. The number of aromatic nitrogens is 2. The first-order valence-corrected chi connectivity index (χ1v) is 7.95. The largest absolute Gasteiger partial charge is 0.499 e. The van der Waals surface area contributed by atoms with Crippen LogP contribution in [0.15, 0.2) is 53.7 Å². The zero-order valence-electron chi connectivity index (χ0n) is 13.0. The first-order valence-electron chi connectivity index (χ1n) is 6.96. The van der Waals surface area contributed by atoms with Gasteiger partial charge >= 0.3 is 0 Å². The SMILES string of the molecule is COCCO/C=C/C=C/C/C(C#N)=C(\N)SCc1ccncn1. The average Bonchev–Trinajstić information content (AvgIpc) is 2.59. The second kappa shape index (κ2) is 12.3. The molecule has 0 saturated carbocycles. The van der Waals surface area contributed by atoms with Crippen molar-refractivity contribution in [3.05, 3.63) is 59.4 Å². The van der Waals surface area contributed by atoms with Crippen molar-refractivity contribution in [2.24, 2.45) is 5.73 Å². The summed E-state index contributed by atoms with van der Waals surface area (Å²) in [7, 11) is 1.62. The lowest BCUT2D eigenvalue weighted by Gasteiger charge is -2.03. The first-order chi connectivity index (χ1) is 11.3. The summed E-state index contributed by atoms with van der Waals surface area (Å²) in [4.78, 5) is 7.97. The van der Waals surface area contributed by atoms with Crippen molar-refractivity contribution in [1.82, 2.24) is 9.97 Å². The molecule has 122 valence electrons. The van der Waals surface area contributed by atoms with Crippen LogP contribution >= 0.6 is 11.8 Å². The quantitative estimate of drug-likeness (QED) is 0.304. The van der Waals surface area contributed by atoms with Gasteiger partial charge in [-0.25, -0.2) is 9.97 Å². The molecule has 0 aliphatic rings. The number of hydrogen-bond donors (Lipinski definition) is 1. The van der Waals surface area contributed by atoms with Crippen LogP contribution in [0.3, 0.4) is 0 Å². The molecular weight excluding hydrogens is 312 g/mol. The smallest absolute Gasteiger partial charge is 0.115 e. The minimum absolute atomic E-state index is 0.474. The lowest BCUT2D eigenvalue weighted by atomic mass is 10.2. The Kier molecular flexibility index (Phi) is 10.00. The summed E-state index contributed by atoms with van der Waals surface area (Å²) in [6.45, 7) is 1.06. The summed E-state index contributed by atoms with van der Waals surface area (Å²) >= 11 is 1.39. The van der Waals surface area contributed by atoms with E-state index in [0.29, 0.717) is 36.0 Å². The molecule has 0 amide bonds. The van der Waals surface area contributed by atoms with Gasteiger partial charge in [-0.2, -0.15) is 5.26 Å². The highest BCUT2D eigenvalue weighted by atomic mass is 32.2. The lowest BCUT2D eigenvalue weighted by molar-refractivity contribution is 0.123. The molecule has 0 spiro atoms. The van der Waals surface area contributed by atoms with Crippen LogP contribution in [0.2, 0.25) is 0 Å². The Morgan fingerprint density at radius 1 is 1.43 bits per heavy atom. The molecule has 6 nitrogen and oxygen atoms in total. The Balaban J connectivity index is 2.40. The van der Waals surface area contributed by atoms with Crippen LogP contribution in [-0.4, -0.2) is 30.3 Å². The van der Waals surface area contributed by atoms with E-state index in [4.69, 9.17) is 15.2 Å². The van der Waals surface area contributed by atoms with Gasteiger partial charge in [0.2, 0.25) is 0 Å². The van der Waals surface area contributed by atoms with E-state index in [2.05, 4.69) is 16.0 Å². The molecule has 0 fully saturated rings. The van der Waals surface area contributed by atoms with E-state index in [1.165, 1.54) is 18.1 Å². The minimum Gasteiger partial charge on any atom is -0.499 e. The Hall–Kier alpha value is -2.30. The third kappa shape index (κ3) is 8.66. The molecule has 1 aromatic rings. The molecule has 23 heavy (non-hydrogen) atoms. The maximum atomic E-state index is 9.18. The molecule has 0 atom stereocenters. The topological polar surface area (TPSA) is 94.0 Å². The fraction of sp³-hybridized carbons (Fsp3) is 0.312. The number of methoxy groups -OCH3 is 1. The molecular formula is C16H20N4O2S. The van der Waals surface area contributed by atoms with Crippen LogP contribution in [0, 0.1) is 11.3 Å². The predicted octanol–water partition coefficient (Wildman–Crippen LogP) is 2.53. The molecule has 0 radical (unpaired) electrons. The van der Waals surface area contributed by atoms with Crippen LogP contribution in [0.5, 0.6) is 0 Å². The van der Waals surface area contributed by atoms with Crippen molar-refractivity contribution in [3.8, 4) is 6.07 Å². The zero-order valence-corrected chi connectivity index (χ0v) is 13.8. The number of thioether (sulfide) groups is 1. The number of nitrogens with two attached hydrogens (primary N) is 1. The molecule has 0 aromatic carbocycles. The Bertz CT molecular complexity index is 579. The van der Waals surface area contributed by atoms with Crippen molar-refractivity contribution < 1.29 is 9.47 Å².